The van der Waals surface area contributed by atoms with Gasteiger partial charge in [-0.1, -0.05) is 24.9 Å². The van der Waals surface area contributed by atoms with Gasteiger partial charge in [-0.3, -0.25) is 10.2 Å². The van der Waals surface area contributed by atoms with E-state index in [0.717, 1.165) is 30.6 Å². The number of unbranched alkanes of at least 4 members (excludes halogenated alkanes) is 1. The first kappa shape index (κ1) is 22.3. The van der Waals surface area contributed by atoms with Crippen LogP contribution in [0.3, 0.4) is 0 Å². The Kier molecular flexibility index (Phi) is 6.53. The van der Waals surface area contributed by atoms with Crippen LogP contribution in [0.5, 0.6) is 11.5 Å². The fraction of sp³-hybridized carbons (Fsp3) is 0.333. The van der Waals surface area contributed by atoms with E-state index in [1.54, 1.807) is 0 Å². The molecule has 0 unspecified atom stereocenters. The lowest BCUT2D eigenvalue weighted by molar-refractivity contribution is -0.114. The second-order valence-electron chi connectivity index (χ2n) is 6.44. The van der Waals surface area contributed by atoms with E-state index in [1.165, 1.54) is 42.1 Å². The molecule has 3 rings (SSSR count). The molecule has 30 heavy (non-hydrogen) atoms. The number of rotatable bonds is 7. The molecule has 1 aromatic rings. The van der Waals surface area contributed by atoms with Gasteiger partial charge in [-0.25, -0.2) is 0 Å². The fourth-order valence-corrected chi connectivity index (χ4v) is 4.39. The summed E-state index contributed by atoms with van der Waals surface area (Å²) in [6.45, 7) is 2.07. The van der Waals surface area contributed by atoms with Crippen molar-refractivity contribution in [3.05, 3.63) is 28.3 Å². The first-order valence-electron chi connectivity index (χ1n) is 8.89. The summed E-state index contributed by atoms with van der Waals surface area (Å²) in [4.78, 5) is 16.5. The fourth-order valence-electron chi connectivity index (χ4n) is 2.68. The van der Waals surface area contributed by atoms with Gasteiger partial charge < -0.3 is 8.92 Å². The van der Waals surface area contributed by atoms with E-state index in [2.05, 4.69) is 17.0 Å². The molecule has 9 nitrogen and oxygen atoms in total. The third kappa shape index (κ3) is 4.85. The molecular weight excluding hydrogens is 452 g/mol. The Morgan fingerprint density at radius 3 is 2.73 bits per heavy atom. The van der Waals surface area contributed by atoms with Crippen LogP contribution in [0.25, 0.3) is 6.08 Å². The monoisotopic (exact) mass is 470 g/mol. The number of thioether (sulfide) groups is 1. The van der Waals surface area contributed by atoms with Gasteiger partial charge in [-0.05, 0) is 48.4 Å². The summed E-state index contributed by atoms with van der Waals surface area (Å²) in [5.41, 5.74) is 0.432. The van der Waals surface area contributed by atoms with Gasteiger partial charge in [0.05, 0.1) is 24.0 Å². The highest BCUT2D eigenvalue weighted by atomic mass is 35.5. The van der Waals surface area contributed by atoms with Crippen molar-refractivity contribution >= 4 is 61.5 Å². The summed E-state index contributed by atoms with van der Waals surface area (Å²) in [6, 6.07) is 2.86. The summed E-state index contributed by atoms with van der Waals surface area (Å²) in [5.74, 6) is -0.765. The Morgan fingerprint density at radius 2 is 2.10 bits per heavy atom. The van der Waals surface area contributed by atoms with Gasteiger partial charge >= 0.3 is 10.1 Å². The van der Waals surface area contributed by atoms with Crippen LogP contribution in [0.15, 0.2) is 27.8 Å². The van der Waals surface area contributed by atoms with E-state index in [1.807, 2.05) is 0 Å². The number of carbonyl (C=O) groups excluding carboxylic acids is 1. The maximum absolute atomic E-state index is 12.5. The number of nitrogens with one attached hydrogen (secondary N) is 1. The molecule has 0 saturated heterocycles. The van der Waals surface area contributed by atoms with Crippen LogP contribution in [0.1, 0.15) is 31.7 Å². The van der Waals surface area contributed by atoms with Crippen LogP contribution in [-0.4, -0.2) is 48.7 Å². The molecule has 1 aromatic carbocycles. The Balaban J connectivity index is 1.95. The van der Waals surface area contributed by atoms with Crippen LogP contribution in [0.2, 0.25) is 5.02 Å². The Hall–Kier alpha value is -2.37. The largest absolute Gasteiger partial charge is 0.493 e. The zero-order valence-electron chi connectivity index (χ0n) is 16.4. The molecule has 1 N–H and O–H groups in total. The van der Waals surface area contributed by atoms with Crippen molar-refractivity contribution in [3.63, 3.8) is 0 Å². The number of hydrogen-bond donors (Lipinski definition) is 1. The molecule has 2 aliphatic heterocycles. The lowest BCUT2D eigenvalue weighted by Gasteiger charge is -2.20. The molecule has 0 aromatic heterocycles. The smallest absolute Gasteiger partial charge is 0.306 e. The number of aliphatic imine (C=N–C) groups is 1. The van der Waals surface area contributed by atoms with Crippen LogP contribution >= 0.6 is 23.4 Å². The third-order valence-electron chi connectivity index (χ3n) is 4.04. The van der Waals surface area contributed by atoms with Crippen molar-refractivity contribution in [3.8, 4) is 11.5 Å². The Morgan fingerprint density at radius 1 is 1.37 bits per heavy atom. The molecular formula is C18H19ClN4O5S2. The summed E-state index contributed by atoms with van der Waals surface area (Å²) in [6.07, 6.45) is 5.03. The van der Waals surface area contributed by atoms with Gasteiger partial charge in [-0.15, -0.1) is 0 Å². The van der Waals surface area contributed by atoms with Crippen molar-refractivity contribution in [2.45, 2.75) is 26.2 Å². The molecule has 0 saturated carbocycles. The normalized spacial score (nSPS) is 17.7. The minimum absolute atomic E-state index is 0.0229. The topological polar surface area (TPSA) is 121 Å². The lowest BCUT2D eigenvalue weighted by atomic mass is 10.1. The highest BCUT2D eigenvalue weighted by molar-refractivity contribution is 8.26. The lowest BCUT2D eigenvalue weighted by Crippen LogP contribution is -2.35. The Labute approximate surface area is 183 Å². The number of fused-ring (bicyclic) bond motifs is 1. The van der Waals surface area contributed by atoms with E-state index < -0.39 is 16.0 Å². The average Bonchev–Trinajstić information content (AvgIpc) is 3.07. The maximum Gasteiger partial charge on any atom is 0.306 e. The highest BCUT2D eigenvalue weighted by Gasteiger charge is 2.35. The zero-order valence-corrected chi connectivity index (χ0v) is 18.8. The molecule has 0 spiro atoms. The number of ether oxygens (including phenoxy) is 1. The van der Waals surface area contributed by atoms with Crippen molar-refractivity contribution < 1.29 is 22.1 Å². The Bertz CT molecular complexity index is 1110. The predicted octanol–water partition coefficient (Wildman–Crippen LogP) is 3.50. The van der Waals surface area contributed by atoms with Gasteiger partial charge in [0.1, 0.15) is 5.04 Å². The van der Waals surface area contributed by atoms with Gasteiger partial charge in [0.15, 0.2) is 11.6 Å². The molecule has 2 heterocycles. The number of amides is 1. The molecule has 0 fully saturated rings. The maximum atomic E-state index is 12.5. The van der Waals surface area contributed by atoms with E-state index in [4.69, 9.17) is 25.9 Å². The number of benzene rings is 1. The SMILES string of the molecule is CCCCC1=NN2C(=N)/C(=C/c3cc(Cl)c(OS(C)(=O)=O)c(OC)c3)C(=O)N=C2S1. The highest BCUT2D eigenvalue weighted by Crippen LogP contribution is 2.38. The van der Waals surface area contributed by atoms with E-state index in [0.29, 0.717) is 10.7 Å². The molecule has 0 atom stereocenters. The van der Waals surface area contributed by atoms with Crippen molar-refractivity contribution in [1.82, 2.24) is 5.01 Å². The molecule has 0 radical (unpaired) electrons. The van der Waals surface area contributed by atoms with E-state index in [-0.39, 0.29) is 27.9 Å². The molecule has 0 bridgehead atoms. The number of hydrogen-bond acceptors (Lipinski definition) is 8. The number of halogens is 1. The number of amidine groups is 2. The number of carbonyl (C=O) groups is 1. The average molecular weight is 471 g/mol. The van der Waals surface area contributed by atoms with Gasteiger partial charge in [0.25, 0.3) is 5.91 Å². The summed E-state index contributed by atoms with van der Waals surface area (Å²) in [5, 5.41) is 15.3. The minimum atomic E-state index is -3.82. The first-order valence-corrected chi connectivity index (χ1v) is 11.9. The van der Waals surface area contributed by atoms with Crippen LogP contribution in [0, 0.1) is 5.41 Å². The summed E-state index contributed by atoms with van der Waals surface area (Å²) < 4.78 is 33.0. The van der Waals surface area contributed by atoms with Crippen molar-refractivity contribution in [2.24, 2.45) is 10.1 Å². The quantitative estimate of drug-likeness (QED) is 0.478. The third-order valence-corrected chi connectivity index (χ3v) is 5.76. The van der Waals surface area contributed by atoms with E-state index in [9.17, 15) is 13.2 Å². The predicted molar refractivity (Wildman–Crippen MR) is 118 cm³/mol. The van der Waals surface area contributed by atoms with E-state index >= 15 is 0 Å². The molecule has 0 aliphatic carbocycles. The molecule has 160 valence electrons. The second kappa shape index (κ2) is 8.78. The molecule has 1 amide bonds. The number of hydrazone groups is 1. The zero-order chi connectivity index (χ0) is 22.1. The molecule has 12 heteroatoms. The molecule has 2 aliphatic rings. The number of methoxy groups -OCH3 is 1. The van der Waals surface area contributed by atoms with Crippen LogP contribution in [-0.2, 0) is 14.9 Å². The van der Waals surface area contributed by atoms with Gasteiger partial charge in [-0.2, -0.15) is 23.5 Å². The van der Waals surface area contributed by atoms with Crippen LogP contribution in [0.4, 0.5) is 0 Å². The van der Waals surface area contributed by atoms with Gasteiger partial charge in [0.2, 0.25) is 10.9 Å². The number of nitrogens with zero attached hydrogens (tertiary/aromatic N) is 3. The van der Waals surface area contributed by atoms with Crippen LogP contribution < -0.4 is 8.92 Å². The van der Waals surface area contributed by atoms with Crippen molar-refractivity contribution in [2.75, 3.05) is 13.4 Å². The second-order valence-corrected chi connectivity index (χ2v) is 9.46. The first-order chi connectivity index (χ1) is 14.1. The van der Waals surface area contributed by atoms with Crippen molar-refractivity contribution in [1.29, 1.82) is 5.41 Å². The summed E-state index contributed by atoms with van der Waals surface area (Å²) >= 11 is 7.45. The minimum Gasteiger partial charge on any atom is -0.493 e. The summed E-state index contributed by atoms with van der Waals surface area (Å²) in [7, 11) is -2.49. The standard InChI is InChI=1S/C18H19ClN4O5S2/c1-4-5-6-14-22-23-16(20)11(17(24)21-18(23)29-14)7-10-8-12(19)15(13(9-10)27-2)28-30(3,25)26/h7-9,20H,4-6H2,1-3H3/b11-7-,20-16?. The van der Waals surface area contributed by atoms with Gasteiger partial charge in [0, 0.05) is 0 Å².